The SMILES string of the molecule is COC(=O)CCSc1ncccc1Cl. The van der Waals surface area contributed by atoms with E-state index in [0.717, 1.165) is 5.03 Å². The first-order valence-corrected chi connectivity index (χ1v) is 5.40. The van der Waals surface area contributed by atoms with E-state index < -0.39 is 0 Å². The van der Waals surface area contributed by atoms with Crippen LogP contribution in [0.25, 0.3) is 0 Å². The number of rotatable bonds is 4. The van der Waals surface area contributed by atoms with Crippen LogP contribution in [0.15, 0.2) is 23.4 Å². The molecule has 0 spiro atoms. The Morgan fingerprint density at radius 2 is 2.50 bits per heavy atom. The van der Waals surface area contributed by atoms with Crippen LogP contribution < -0.4 is 0 Å². The van der Waals surface area contributed by atoms with Crippen molar-refractivity contribution in [2.45, 2.75) is 11.4 Å². The van der Waals surface area contributed by atoms with E-state index in [2.05, 4.69) is 9.72 Å². The molecule has 0 aliphatic rings. The van der Waals surface area contributed by atoms with E-state index in [1.165, 1.54) is 18.9 Å². The lowest BCUT2D eigenvalue weighted by Crippen LogP contribution is -2.01. The minimum absolute atomic E-state index is 0.218. The second-order valence-corrected chi connectivity index (χ2v) is 3.96. The van der Waals surface area contributed by atoms with Gasteiger partial charge in [0.15, 0.2) is 0 Å². The van der Waals surface area contributed by atoms with Crippen molar-refractivity contribution in [2.24, 2.45) is 0 Å². The summed E-state index contributed by atoms with van der Waals surface area (Å²) in [5.41, 5.74) is 0. The number of pyridine rings is 1. The average molecular weight is 232 g/mol. The van der Waals surface area contributed by atoms with Gasteiger partial charge in [-0.3, -0.25) is 4.79 Å². The van der Waals surface area contributed by atoms with Gasteiger partial charge in [-0.1, -0.05) is 11.6 Å². The molecule has 0 atom stereocenters. The van der Waals surface area contributed by atoms with Crippen LogP contribution in [0.2, 0.25) is 5.02 Å². The van der Waals surface area contributed by atoms with E-state index in [-0.39, 0.29) is 5.97 Å². The Kier molecular flexibility index (Phi) is 4.76. The van der Waals surface area contributed by atoms with Gasteiger partial charge in [-0.05, 0) is 12.1 Å². The highest BCUT2D eigenvalue weighted by atomic mass is 35.5. The summed E-state index contributed by atoms with van der Waals surface area (Å²) in [6.07, 6.45) is 2.04. The maximum Gasteiger partial charge on any atom is 0.306 e. The van der Waals surface area contributed by atoms with Crippen LogP contribution >= 0.6 is 23.4 Å². The third-order valence-electron chi connectivity index (χ3n) is 1.50. The first-order chi connectivity index (χ1) is 6.74. The normalized spacial score (nSPS) is 9.86. The molecule has 0 saturated carbocycles. The van der Waals surface area contributed by atoms with Gasteiger partial charge in [0.05, 0.1) is 18.6 Å². The van der Waals surface area contributed by atoms with Crippen molar-refractivity contribution in [3.05, 3.63) is 23.4 Å². The van der Waals surface area contributed by atoms with Gasteiger partial charge >= 0.3 is 5.97 Å². The molecule has 0 aromatic carbocycles. The first kappa shape index (κ1) is 11.3. The van der Waals surface area contributed by atoms with Crippen LogP contribution in [0.4, 0.5) is 0 Å². The van der Waals surface area contributed by atoms with Crippen LogP contribution in [0.3, 0.4) is 0 Å². The molecule has 14 heavy (non-hydrogen) atoms. The minimum atomic E-state index is -0.218. The summed E-state index contributed by atoms with van der Waals surface area (Å²) >= 11 is 7.32. The van der Waals surface area contributed by atoms with Crippen molar-refractivity contribution in [1.82, 2.24) is 4.98 Å². The van der Waals surface area contributed by atoms with Gasteiger partial charge in [-0.15, -0.1) is 11.8 Å². The summed E-state index contributed by atoms with van der Waals surface area (Å²) in [6.45, 7) is 0. The fourth-order valence-corrected chi connectivity index (χ4v) is 1.90. The third kappa shape index (κ3) is 3.55. The largest absolute Gasteiger partial charge is 0.469 e. The lowest BCUT2D eigenvalue weighted by Gasteiger charge is -2.01. The number of carbonyl (C=O) groups excluding carboxylic acids is 1. The molecule has 0 aliphatic carbocycles. The number of nitrogens with zero attached hydrogens (tertiary/aromatic N) is 1. The lowest BCUT2D eigenvalue weighted by atomic mass is 10.5. The van der Waals surface area contributed by atoms with Crippen LogP contribution in [-0.4, -0.2) is 23.8 Å². The van der Waals surface area contributed by atoms with Crippen molar-refractivity contribution >= 4 is 29.3 Å². The standard InChI is InChI=1S/C9H10ClNO2S/c1-13-8(12)4-6-14-9-7(10)3-2-5-11-9/h2-3,5H,4,6H2,1H3. The Bertz CT molecular complexity index is 319. The molecule has 0 bridgehead atoms. The quantitative estimate of drug-likeness (QED) is 0.589. The molecular weight excluding hydrogens is 222 g/mol. The van der Waals surface area contributed by atoms with E-state index in [1.54, 1.807) is 18.3 Å². The Hall–Kier alpha value is -0.740. The Morgan fingerprint density at radius 3 is 3.14 bits per heavy atom. The van der Waals surface area contributed by atoms with Gasteiger partial charge < -0.3 is 4.74 Å². The zero-order chi connectivity index (χ0) is 10.4. The van der Waals surface area contributed by atoms with Crippen LogP contribution in [0.5, 0.6) is 0 Å². The molecule has 1 aromatic heterocycles. The topological polar surface area (TPSA) is 39.2 Å². The predicted molar refractivity (Wildman–Crippen MR) is 56.6 cm³/mol. The van der Waals surface area contributed by atoms with E-state index >= 15 is 0 Å². The van der Waals surface area contributed by atoms with E-state index in [4.69, 9.17) is 11.6 Å². The van der Waals surface area contributed by atoms with Crippen molar-refractivity contribution in [3.63, 3.8) is 0 Å². The Labute approximate surface area is 91.8 Å². The second-order valence-electron chi connectivity index (χ2n) is 2.46. The zero-order valence-electron chi connectivity index (χ0n) is 7.70. The number of carbonyl (C=O) groups is 1. The molecule has 1 aromatic rings. The number of hydrogen-bond acceptors (Lipinski definition) is 4. The number of halogens is 1. The maximum atomic E-state index is 10.8. The Morgan fingerprint density at radius 1 is 1.71 bits per heavy atom. The van der Waals surface area contributed by atoms with E-state index in [9.17, 15) is 4.79 Å². The molecular formula is C9H10ClNO2S. The number of thioether (sulfide) groups is 1. The number of ether oxygens (including phenoxy) is 1. The molecule has 0 fully saturated rings. The lowest BCUT2D eigenvalue weighted by molar-refractivity contribution is -0.140. The maximum absolute atomic E-state index is 10.8. The molecule has 3 nitrogen and oxygen atoms in total. The van der Waals surface area contributed by atoms with Gasteiger partial charge in [-0.2, -0.15) is 0 Å². The highest BCUT2D eigenvalue weighted by Gasteiger charge is 2.04. The second kappa shape index (κ2) is 5.88. The van der Waals surface area contributed by atoms with Gasteiger partial charge in [0, 0.05) is 11.9 Å². The minimum Gasteiger partial charge on any atom is -0.469 e. The fraction of sp³-hybridized carbons (Fsp3) is 0.333. The molecule has 0 saturated heterocycles. The molecule has 5 heteroatoms. The number of esters is 1. The van der Waals surface area contributed by atoms with Crippen LogP contribution in [0.1, 0.15) is 6.42 Å². The third-order valence-corrected chi connectivity index (χ3v) is 2.92. The van der Waals surface area contributed by atoms with Crippen molar-refractivity contribution < 1.29 is 9.53 Å². The van der Waals surface area contributed by atoms with Gasteiger partial charge in [0.2, 0.25) is 0 Å². The van der Waals surface area contributed by atoms with Crippen LogP contribution in [0, 0.1) is 0 Å². The molecule has 1 rings (SSSR count). The summed E-state index contributed by atoms with van der Waals surface area (Å²) in [4.78, 5) is 14.9. The molecule has 0 aliphatic heterocycles. The molecule has 0 unspecified atom stereocenters. The number of methoxy groups -OCH3 is 1. The number of hydrogen-bond donors (Lipinski definition) is 0. The van der Waals surface area contributed by atoms with Crippen LogP contribution in [-0.2, 0) is 9.53 Å². The average Bonchev–Trinajstić information content (AvgIpc) is 2.20. The Balaban J connectivity index is 2.39. The van der Waals surface area contributed by atoms with E-state index in [0.29, 0.717) is 17.2 Å². The molecule has 1 heterocycles. The van der Waals surface area contributed by atoms with Crippen molar-refractivity contribution in [2.75, 3.05) is 12.9 Å². The summed E-state index contributed by atoms with van der Waals surface area (Å²) in [5.74, 6) is 0.410. The molecule has 0 amide bonds. The fourth-order valence-electron chi connectivity index (χ4n) is 0.811. The predicted octanol–water partition coefficient (Wildman–Crippen LogP) is 2.39. The molecule has 0 radical (unpaired) electrons. The smallest absolute Gasteiger partial charge is 0.306 e. The van der Waals surface area contributed by atoms with Gasteiger partial charge in [0.1, 0.15) is 5.03 Å². The monoisotopic (exact) mass is 231 g/mol. The van der Waals surface area contributed by atoms with Gasteiger partial charge in [0.25, 0.3) is 0 Å². The van der Waals surface area contributed by atoms with Crippen molar-refractivity contribution in [3.8, 4) is 0 Å². The van der Waals surface area contributed by atoms with E-state index in [1.807, 2.05) is 0 Å². The van der Waals surface area contributed by atoms with Crippen molar-refractivity contribution in [1.29, 1.82) is 0 Å². The molecule has 0 N–H and O–H groups in total. The highest BCUT2D eigenvalue weighted by Crippen LogP contribution is 2.24. The van der Waals surface area contributed by atoms with Gasteiger partial charge in [-0.25, -0.2) is 4.98 Å². The first-order valence-electron chi connectivity index (χ1n) is 4.04. The summed E-state index contributed by atoms with van der Waals surface area (Å²) in [6, 6.07) is 3.54. The summed E-state index contributed by atoms with van der Waals surface area (Å²) in [5, 5.41) is 1.36. The zero-order valence-corrected chi connectivity index (χ0v) is 9.27. The highest BCUT2D eigenvalue weighted by molar-refractivity contribution is 7.99. The molecule has 76 valence electrons. The summed E-state index contributed by atoms with van der Waals surface area (Å²) in [7, 11) is 1.38. The number of aromatic nitrogens is 1. The summed E-state index contributed by atoms with van der Waals surface area (Å²) < 4.78 is 4.51.